The molecule has 0 aliphatic carbocycles. The number of Topliss-reactive ketones (excluding diaryl/α,β-unsaturated/α-hetero) is 1. The number of hydrogen-bond acceptors (Lipinski definition) is 3. The summed E-state index contributed by atoms with van der Waals surface area (Å²) in [5, 5.41) is 10.8. The third-order valence-corrected chi connectivity index (χ3v) is 1.92. The number of carbonyl (C=O) groups is 2. The average molecular weight is 207 g/mol. The summed E-state index contributed by atoms with van der Waals surface area (Å²) >= 11 is 0. The third-order valence-electron chi connectivity index (χ3n) is 1.92. The molecule has 0 radical (unpaired) electrons. The Morgan fingerprint density at radius 2 is 1.87 bits per heavy atom. The fourth-order valence-corrected chi connectivity index (χ4v) is 1.09. The normalized spacial score (nSPS) is 9.73. The Labute approximate surface area is 87.9 Å². The lowest BCUT2D eigenvalue weighted by molar-refractivity contribution is -0.117. The van der Waals surface area contributed by atoms with Gasteiger partial charge in [-0.25, -0.2) is 0 Å². The molecular weight excluding hydrogens is 194 g/mol. The molecule has 0 aromatic heterocycles. The van der Waals surface area contributed by atoms with E-state index in [4.69, 9.17) is 5.11 Å². The molecule has 0 heterocycles. The average Bonchev–Trinajstić information content (AvgIpc) is 2.26. The van der Waals surface area contributed by atoms with E-state index in [1.165, 1.54) is 0 Å². The number of amides is 1. The Morgan fingerprint density at radius 3 is 2.40 bits per heavy atom. The van der Waals surface area contributed by atoms with Crippen molar-refractivity contribution in [1.29, 1.82) is 0 Å². The maximum Gasteiger partial charge on any atom is 0.292 e. The van der Waals surface area contributed by atoms with Gasteiger partial charge >= 0.3 is 0 Å². The van der Waals surface area contributed by atoms with Crippen molar-refractivity contribution in [3.63, 3.8) is 0 Å². The molecule has 0 saturated carbocycles. The summed E-state index contributed by atoms with van der Waals surface area (Å²) < 4.78 is 0. The summed E-state index contributed by atoms with van der Waals surface area (Å²) in [5.74, 6) is -1.27. The van der Waals surface area contributed by atoms with Crippen LogP contribution in [-0.2, 0) is 4.79 Å². The molecule has 0 unspecified atom stereocenters. The van der Waals surface area contributed by atoms with Gasteiger partial charge in [0.2, 0.25) is 5.78 Å². The number of nitrogens with one attached hydrogen (secondary N) is 1. The Kier molecular flexibility index (Phi) is 4.00. The molecule has 80 valence electrons. The van der Waals surface area contributed by atoms with Gasteiger partial charge < -0.3 is 10.4 Å². The predicted octanol–water partition coefficient (Wildman–Crippen LogP) is 0.286. The zero-order chi connectivity index (χ0) is 11.3. The maximum absolute atomic E-state index is 11.5. The van der Waals surface area contributed by atoms with Crippen LogP contribution < -0.4 is 5.32 Å². The second-order valence-corrected chi connectivity index (χ2v) is 3.17. The summed E-state index contributed by atoms with van der Waals surface area (Å²) in [5.41, 5.74) is 1.39. The molecule has 15 heavy (non-hydrogen) atoms. The zero-order valence-corrected chi connectivity index (χ0v) is 8.49. The van der Waals surface area contributed by atoms with Crippen LogP contribution in [0.15, 0.2) is 24.3 Å². The summed E-state index contributed by atoms with van der Waals surface area (Å²) in [6.07, 6.45) is 0. The molecule has 0 aliphatic heterocycles. The SMILES string of the molecule is Cc1ccc(C(=O)C(=O)NCCO)cc1. The van der Waals surface area contributed by atoms with Crippen molar-refractivity contribution in [2.75, 3.05) is 13.2 Å². The Hall–Kier alpha value is -1.68. The first-order chi connectivity index (χ1) is 7.15. The van der Waals surface area contributed by atoms with Crippen LogP contribution in [-0.4, -0.2) is 29.9 Å². The second-order valence-electron chi connectivity index (χ2n) is 3.17. The molecule has 4 heteroatoms. The fraction of sp³-hybridized carbons (Fsp3) is 0.273. The van der Waals surface area contributed by atoms with Gasteiger partial charge in [0.15, 0.2) is 0 Å². The van der Waals surface area contributed by atoms with Crippen molar-refractivity contribution in [2.24, 2.45) is 0 Å². The van der Waals surface area contributed by atoms with E-state index in [9.17, 15) is 9.59 Å². The lowest BCUT2D eigenvalue weighted by atomic mass is 10.1. The Morgan fingerprint density at radius 1 is 1.27 bits per heavy atom. The van der Waals surface area contributed by atoms with Gasteiger partial charge in [0, 0.05) is 12.1 Å². The van der Waals surface area contributed by atoms with Crippen molar-refractivity contribution in [1.82, 2.24) is 5.32 Å². The van der Waals surface area contributed by atoms with Gasteiger partial charge in [0.1, 0.15) is 0 Å². The van der Waals surface area contributed by atoms with Gasteiger partial charge in [-0.15, -0.1) is 0 Å². The number of rotatable bonds is 4. The highest BCUT2D eigenvalue weighted by Gasteiger charge is 2.14. The standard InChI is InChI=1S/C11H13NO3/c1-8-2-4-9(5-3-8)10(14)11(15)12-6-7-13/h2-5,13H,6-7H2,1H3,(H,12,15). The van der Waals surface area contributed by atoms with Crippen molar-refractivity contribution in [3.05, 3.63) is 35.4 Å². The van der Waals surface area contributed by atoms with Crippen LogP contribution in [0, 0.1) is 6.92 Å². The number of benzene rings is 1. The molecule has 0 aliphatic rings. The lowest BCUT2D eigenvalue weighted by Crippen LogP contribution is -2.33. The predicted molar refractivity (Wildman–Crippen MR) is 55.6 cm³/mol. The van der Waals surface area contributed by atoms with Crippen LogP contribution in [0.3, 0.4) is 0 Å². The number of aliphatic hydroxyl groups is 1. The summed E-state index contributed by atoms with van der Waals surface area (Å²) in [6.45, 7) is 1.82. The summed E-state index contributed by atoms with van der Waals surface area (Å²) in [6, 6.07) is 6.76. The van der Waals surface area contributed by atoms with Gasteiger partial charge in [-0.3, -0.25) is 9.59 Å². The van der Waals surface area contributed by atoms with Gasteiger partial charge in [0.25, 0.3) is 5.91 Å². The van der Waals surface area contributed by atoms with Crippen LogP contribution in [0.2, 0.25) is 0 Å². The second kappa shape index (κ2) is 5.26. The molecule has 1 amide bonds. The van der Waals surface area contributed by atoms with Crippen LogP contribution in [0.25, 0.3) is 0 Å². The molecular formula is C11H13NO3. The van der Waals surface area contributed by atoms with E-state index >= 15 is 0 Å². The quantitative estimate of drug-likeness (QED) is 0.550. The highest BCUT2D eigenvalue weighted by Crippen LogP contribution is 2.03. The fourth-order valence-electron chi connectivity index (χ4n) is 1.09. The number of hydrogen-bond donors (Lipinski definition) is 2. The molecule has 4 nitrogen and oxygen atoms in total. The molecule has 0 spiro atoms. The molecule has 0 saturated heterocycles. The molecule has 1 aromatic carbocycles. The molecule has 0 fully saturated rings. The van der Waals surface area contributed by atoms with Gasteiger partial charge in [-0.1, -0.05) is 29.8 Å². The molecule has 1 rings (SSSR count). The number of ketones is 1. The first kappa shape index (κ1) is 11.4. The van der Waals surface area contributed by atoms with E-state index in [0.717, 1.165) is 5.56 Å². The minimum Gasteiger partial charge on any atom is -0.395 e. The van der Waals surface area contributed by atoms with Crippen molar-refractivity contribution < 1.29 is 14.7 Å². The number of aryl methyl sites for hydroxylation is 1. The third kappa shape index (κ3) is 3.18. The van der Waals surface area contributed by atoms with E-state index < -0.39 is 11.7 Å². The Bertz CT molecular complexity index is 357. The van der Waals surface area contributed by atoms with Crippen LogP contribution in [0.1, 0.15) is 15.9 Å². The number of carbonyl (C=O) groups excluding carboxylic acids is 2. The highest BCUT2D eigenvalue weighted by molar-refractivity contribution is 6.42. The smallest absolute Gasteiger partial charge is 0.292 e. The van der Waals surface area contributed by atoms with Crippen molar-refractivity contribution in [2.45, 2.75) is 6.92 Å². The molecule has 0 bridgehead atoms. The summed E-state index contributed by atoms with van der Waals surface area (Å²) in [7, 11) is 0. The van der Waals surface area contributed by atoms with Crippen LogP contribution in [0.5, 0.6) is 0 Å². The largest absolute Gasteiger partial charge is 0.395 e. The van der Waals surface area contributed by atoms with E-state index in [0.29, 0.717) is 5.56 Å². The minimum atomic E-state index is -0.687. The monoisotopic (exact) mass is 207 g/mol. The molecule has 0 atom stereocenters. The van der Waals surface area contributed by atoms with E-state index in [2.05, 4.69) is 5.32 Å². The summed E-state index contributed by atoms with van der Waals surface area (Å²) in [4.78, 5) is 22.7. The minimum absolute atomic E-state index is 0.0937. The van der Waals surface area contributed by atoms with E-state index in [-0.39, 0.29) is 13.2 Å². The van der Waals surface area contributed by atoms with Crippen LogP contribution in [0.4, 0.5) is 0 Å². The maximum atomic E-state index is 11.5. The van der Waals surface area contributed by atoms with Crippen molar-refractivity contribution >= 4 is 11.7 Å². The van der Waals surface area contributed by atoms with Crippen molar-refractivity contribution in [3.8, 4) is 0 Å². The molecule has 2 N–H and O–H groups in total. The number of aliphatic hydroxyl groups excluding tert-OH is 1. The first-order valence-corrected chi connectivity index (χ1v) is 4.65. The van der Waals surface area contributed by atoms with Crippen LogP contribution >= 0.6 is 0 Å². The molecule has 1 aromatic rings. The topological polar surface area (TPSA) is 66.4 Å². The van der Waals surface area contributed by atoms with Gasteiger partial charge in [0.05, 0.1) is 6.61 Å². The lowest BCUT2D eigenvalue weighted by Gasteiger charge is -2.02. The van der Waals surface area contributed by atoms with Gasteiger partial charge in [-0.2, -0.15) is 0 Å². The zero-order valence-electron chi connectivity index (χ0n) is 8.49. The first-order valence-electron chi connectivity index (χ1n) is 4.65. The highest BCUT2D eigenvalue weighted by atomic mass is 16.3. The van der Waals surface area contributed by atoms with E-state index in [1.54, 1.807) is 24.3 Å². The van der Waals surface area contributed by atoms with Gasteiger partial charge in [-0.05, 0) is 6.92 Å². The Balaban J connectivity index is 2.68. The van der Waals surface area contributed by atoms with E-state index in [1.807, 2.05) is 6.92 Å².